The van der Waals surface area contributed by atoms with Gasteiger partial charge in [0.05, 0.1) is 11.1 Å². The molecule has 1 heterocycles. The van der Waals surface area contributed by atoms with E-state index >= 15 is 0 Å². The Morgan fingerprint density at radius 3 is 2.41 bits per heavy atom. The van der Waals surface area contributed by atoms with Crippen LogP contribution in [0.3, 0.4) is 0 Å². The first-order valence-corrected chi connectivity index (χ1v) is 9.25. The van der Waals surface area contributed by atoms with Crippen molar-refractivity contribution in [2.24, 2.45) is 11.7 Å². The van der Waals surface area contributed by atoms with Gasteiger partial charge in [-0.1, -0.05) is 27.2 Å². The van der Waals surface area contributed by atoms with Gasteiger partial charge < -0.3 is 11.1 Å². The monoisotopic (exact) mass is 395 g/mol. The van der Waals surface area contributed by atoms with Crippen LogP contribution in [0.15, 0.2) is 18.2 Å². The van der Waals surface area contributed by atoms with E-state index in [2.05, 4.69) is 19.2 Å². The lowest BCUT2D eigenvalue weighted by Gasteiger charge is -2.31. The van der Waals surface area contributed by atoms with Crippen LogP contribution in [0.5, 0.6) is 0 Å². The van der Waals surface area contributed by atoms with Crippen LogP contribution in [0.25, 0.3) is 0 Å². The molecule has 2 rings (SSSR count). The van der Waals surface area contributed by atoms with E-state index in [1.54, 1.807) is 12.1 Å². The van der Waals surface area contributed by atoms with Crippen LogP contribution in [0, 0.1) is 5.92 Å². The van der Waals surface area contributed by atoms with E-state index in [0.29, 0.717) is 35.7 Å². The minimum absolute atomic E-state index is 0. The zero-order chi connectivity index (χ0) is 19.5. The summed E-state index contributed by atoms with van der Waals surface area (Å²) >= 11 is 0. The first-order chi connectivity index (χ1) is 12.2. The minimum atomic E-state index is -0.517. The molecule has 1 aliphatic heterocycles. The highest BCUT2D eigenvalue weighted by molar-refractivity contribution is 6.22. The zero-order valence-electron chi connectivity index (χ0n) is 16.5. The number of nitrogens with zero attached hydrogens (tertiary/aromatic N) is 1. The number of nitrogens with one attached hydrogen (secondary N) is 1. The fraction of sp³-hybridized carbons (Fsp3) is 0.550. The predicted molar refractivity (Wildman–Crippen MR) is 108 cm³/mol. The molecule has 1 unspecified atom stereocenters. The van der Waals surface area contributed by atoms with Gasteiger partial charge in [0, 0.05) is 24.2 Å². The van der Waals surface area contributed by atoms with Crippen LogP contribution >= 0.6 is 12.4 Å². The number of halogens is 1. The van der Waals surface area contributed by atoms with Gasteiger partial charge in [-0.05, 0) is 43.9 Å². The number of hydrogen-bond acceptors (Lipinski definition) is 4. The molecular weight excluding hydrogens is 366 g/mol. The molecule has 0 bridgehead atoms. The molecule has 0 radical (unpaired) electrons. The maximum Gasteiger partial charge on any atom is 0.261 e. The smallest absolute Gasteiger partial charge is 0.261 e. The lowest BCUT2D eigenvalue weighted by atomic mass is 9.90. The molecule has 0 aliphatic carbocycles. The van der Waals surface area contributed by atoms with E-state index in [-0.39, 0.29) is 30.1 Å². The molecule has 3 N–H and O–H groups in total. The number of unbranched alkanes of at least 4 members (excludes halogenated alkanes) is 1. The topological polar surface area (TPSA) is 92.5 Å². The Balaban J connectivity index is 0.00000364. The number of rotatable bonds is 8. The van der Waals surface area contributed by atoms with Gasteiger partial charge in [-0.3, -0.25) is 19.3 Å². The van der Waals surface area contributed by atoms with Crippen LogP contribution in [-0.4, -0.2) is 41.2 Å². The second kappa shape index (κ2) is 9.33. The Labute approximate surface area is 167 Å². The summed E-state index contributed by atoms with van der Waals surface area (Å²) in [7, 11) is 0. The number of hydrogen-bond donors (Lipinski definition) is 2. The Kier molecular flexibility index (Phi) is 7.99. The van der Waals surface area contributed by atoms with Crippen LogP contribution in [0.4, 0.5) is 0 Å². The van der Waals surface area contributed by atoms with Gasteiger partial charge in [0.15, 0.2) is 0 Å². The Morgan fingerprint density at radius 2 is 1.85 bits per heavy atom. The second-order valence-electron chi connectivity index (χ2n) is 7.69. The van der Waals surface area contributed by atoms with Gasteiger partial charge in [0.25, 0.3) is 17.7 Å². The number of carbonyl (C=O) groups excluding carboxylic acids is 3. The summed E-state index contributed by atoms with van der Waals surface area (Å²) in [6.45, 7) is 8.80. The van der Waals surface area contributed by atoms with Gasteiger partial charge >= 0.3 is 0 Å². The van der Waals surface area contributed by atoms with E-state index in [1.165, 1.54) is 11.0 Å². The fourth-order valence-electron chi connectivity index (χ4n) is 3.38. The van der Waals surface area contributed by atoms with Gasteiger partial charge in [-0.25, -0.2) is 0 Å². The Hall–Kier alpha value is -1.92. The zero-order valence-corrected chi connectivity index (χ0v) is 17.3. The maximum absolute atomic E-state index is 12.7. The molecule has 0 spiro atoms. The van der Waals surface area contributed by atoms with Crippen molar-refractivity contribution in [1.29, 1.82) is 0 Å². The van der Waals surface area contributed by atoms with Crippen molar-refractivity contribution < 1.29 is 14.4 Å². The third-order valence-corrected chi connectivity index (χ3v) is 4.69. The second-order valence-corrected chi connectivity index (χ2v) is 7.69. The van der Waals surface area contributed by atoms with Crippen molar-refractivity contribution in [2.75, 3.05) is 13.1 Å². The molecule has 6 nitrogen and oxygen atoms in total. The normalized spacial score (nSPS) is 15.4. The van der Waals surface area contributed by atoms with Crippen LogP contribution in [-0.2, 0) is 0 Å². The molecule has 3 amide bonds. The molecular formula is C20H30ClN3O3. The number of imide groups is 1. The summed E-state index contributed by atoms with van der Waals surface area (Å²) < 4.78 is 0. The average molecular weight is 396 g/mol. The molecule has 27 heavy (non-hydrogen) atoms. The maximum atomic E-state index is 12.7. The molecule has 1 atom stereocenters. The Bertz CT molecular complexity index is 720. The van der Waals surface area contributed by atoms with E-state index < -0.39 is 5.54 Å². The first kappa shape index (κ1) is 23.1. The third kappa shape index (κ3) is 5.08. The SMILES string of the molecule is CCCCN1C(=O)c2ccc(C(=O)NC(C)(CN)CC(C)C)cc2C1=O.Cl. The molecule has 1 aromatic rings. The predicted octanol–water partition coefficient (Wildman–Crippen LogP) is 3.00. The highest BCUT2D eigenvalue weighted by atomic mass is 35.5. The quantitative estimate of drug-likeness (QED) is 0.662. The number of amides is 3. The lowest BCUT2D eigenvalue weighted by Crippen LogP contribution is -2.52. The van der Waals surface area contributed by atoms with Crippen molar-refractivity contribution in [3.63, 3.8) is 0 Å². The summed E-state index contributed by atoms with van der Waals surface area (Å²) in [4.78, 5) is 38.8. The highest BCUT2D eigenvalue weighted by Gasteiger charge is 2.36. The summed E-state index contributed by atoms with van der Waals surface area (Å²) in [6.07, 6.45) is 2.42. The van der Waals surface area contributed by atoms with E-state index in [1.807, 2.05) is 13.8 Å². The molecule has 150 valence electrons. The Morgan fingerprint density at radius 1 is 1.22 bits per heavy atom. The number of fused-ring (bicyclic) bond motifs is 1. The number of nitrogens with two attached hydrogens (primary N) is 1. The largest absolute Gasteiger partial charge is 0.346 e. The van der Waals surface area contributed by atoms with Crippen LogP contribution < -0.4 is 11.1 Å². The van der Waals surface area contributed by atoms with Gasteiger partial charge in [-0.2, -0.15) is 0 Å². The molecule has 0 fully saturated rings. The standard InChI is InChI=1S/C20H29N3O3.ClH/c1-5-6-9-23-18(25)15-8-7-14(10-16(15)19(23)26)17(24)22-20(4,12-21)11-13(2)3;/h7-8,10,13H,5-6,9,11-12,21H2,1-4H3,(H,22,24);1H. The first-order valence-electron chi connectivity index (χ1n) is 9.25. The van der Waals surface area contributed by atoms with Crippen molar-refractivity contribution in [3.8, 4) is 0 Å². The van der Waals surface area contributed by atoms with E-state index in [9.17, 15) is 14.4 Å². The van der Waals surface area contributed by atoms with Crippen LogP contribution in [0.1, 0.15) is 78.0 Å². The van der Waals surface area contributed by atoms with Crippen LogP contribution in [0.2, 0.25) is 0 Å². The molecule has 1 aromatic carbocycles. The summed E-state index contributed by atoms with van der Waals surface area (Å²) in [5.41, 5.74) is 6.38. The van der Waals surface area contributed by atoms with Crippen molar-refractivity contribution in [1.82, 2.24) is 10.2 Å². The van der Waals surface area contributed by atoms with Gasteiger partial charge in [-0.15, -0.1) is 12.4 Å². The highest BCUT2D eigenvalue weighted by Crippen LogP contribution is 2.25. The lowest BCUT2D eigenvalue weighted by molar-refractivity contribution is 0.0652. The van der Waals surface area contributed by atoms with Gasteiger partial charge in [0.2, 0.25) is 0 Å². The molecule has 0 aromatic heterocycles. The van der Waals surface area contributed by atoms with Gasteiger partial charge in [0.1, 0.15) is 0 Å². The molecule has 1 aliphatic rings. The molecule has 0 saturated heterocycles. The summed E-state index contributed by atoms with van der Waals surface area (Å²) in [5, 5.41) is 2.98. The number of carbonyl (C=O) groups is 3. The van der Waals surface area contributed by atoms with Crippen molar-refractivity contribution in [2.45, 2.75) is 52.5 Å². The average Bonchev–Trinajstić information content (AvgIpc) is 2.82. The van der Waals surface area contributed by atoms with E-state index in [0.717, 1.165) is 19.3 Å². The molecule has 0 saturated carbocycles. The summed E-state index contributed by atoms with van der Waals surface area (Å²) in [5.74, 6) is -0.502. The fourth-order valence-corrected chi connectivity index (χ4v) is 3.38. The van der Waals surface area contributed by atoms with Crippen molar-refractivity contribution in [3.05, 3.63) is 34.9 Å². The summed E-state index contributed by atoms with van der Waals surface area (Å²) in [6, 6.07) is 4.68. The number of benzene rings is 1. The van der Waals surface area contributed by atoms with E-state index in [4.69, 9.17) is 5.73 Å². The minimum Gasteiger partial charge on any atom is -0.346 e. The molecule has 7 heteroatoms. The third-order valence-electron chi connectivity index (χ3n) is 4.69. The van der Waals surface area contributed by atoms with Crippen molar-refractivity contribution >= 4 is 30.1 Å².